The van der Waals surface area contributed by atoms with Gasteiger partial charge in [0.25, 0.3) is 0 Å². The number of hydrogen-bond acceptors (Lipinski definition) is 2. The van der Waals surface area contributed by atoms with Gasteiger partial charge in [-0.05, 0) is 31.2 Å². The molecule has 0 bridgehead atoms. The molecular weight excluding hydrogens is 227 g/mol. The summed E-state index contributed by atoms with van der Waals surface area (Å²) in [6.07, 6.45) is 0.0283. The summed E-state index contributed by atoms with van der Waals surface area (Å²) < 4.78 is 12.7. The minimum Gasteiger partial charge on any atom is -0.393 e. The van der Waals surface area contributed by atoms with Crippen molar-refractivity contribution in [2.75, 3.05) is 11.4 Å². The molecule has 0 unspecified atom stereocenters. The largest absolute Gasteiger partial charge is 0.393 e. The average molecular weight is 240 g/mol. The number of carbonyl (C=O) groups is 1. The molecule has 1 aromatic carbocycles. The Labute approximate surface area is 99.0 Å². The van der Waals surface area contributed by atoms with Crippen LogP contribution in [0.4, 0.5) is 10.1 Å². The summed E-state index contributed by atoms with van der Waals surface area (Å²) in [6, 6.07) is 5.73. The summed E-state index contributed by atoms with van der Waals surface area (Å²) in [4.78, 5) is 13.4. The lowest BCUT2D eigenvalue weighted by Gasteiger charge is -2.20. The molecular formula is C11H13FN2OS. The number of anilines is 1. The van der Waals surface area contributed by atoms with Crippen molar-refractivity contribution < 1.29 is 9.18 Å². The normalized spacial score (nSPS) is 9.88. The SMILES string of the molecule is CCN(C(=O)CC(N)=S)c1ccc(F)cc1. The van der Waals surface area contributed by atoms with Gasteiger partial charge in [0.05, 0.1) is 11.4 Å². The molecule has 16 heavy (non-hydrogen) atoms. The quantitative estimate of drug-likeness (QED) is 0.817. The standard InChI is InChI=1S/C11H13FN2OS/c1-2-14(11(15)7-10(13)16)9-5-3-8(12)4-6-9/h3-6H,2,7H2,1H3,(H2,13,16). The summed E-state index contributed by atoms with van der Waals surface area (Å²) in [7, 11) is 0. The minimum absolute atomic E-state index is 0.0283. The van der Waals surface area contributed by atoms with Gasteiger partial charge in [0.1, 0.15) is 5.82 Å². The van der Waals surface area contributed by atoms with Gasteiger partial charge in [0.2, 0.25) is 5.91 Å². The van der Waals surface area contributed by atoms with Gasteiger partial charge in [-0.15, -0.1) is 0 Å². The molecule has 0 aromatic heterocycles. The van der Waals surface area contributed by atoms with Crippen LogP contribution in [-0.2, 0) is 4.79 Å². The van der Waals surface area contributed by atoms with E-state index in [0.29, 0.717) is 12.2 Å². The third-order valence-electron chi connectivity index (χ3n) is 2.08. The second kappa shape index (κ2) is 5.55. The summed E-state index contributed by atoms with van der Waals surface area (Å²) in [5.74, 6) is -0.511. The van der Waals surface area contributed by atoms with Gasteiger partial charge in [0, 0.05) is 12.2 Å². The van der Waals surface area contributed by atoms with Crippen molar-refractivity contribution in [2.24, 2.45) is 5.73 Å². The summed E-state index contributed by atoms with van der Waals surface area (Å²) in [6.45, 7) is 2.33. The van der Waals surface area contributed by atoms with Crippen LogP contribution in [0.3, 0.4) is 0 Å². The lowest BCUT2D eigenvalue weighted by atomic mass is 10.2. The van der Waals surface area contributed by atoms with E-state index in [1.165, 1.54) is 17.0 Å². The zero-order chi connectivity index (χ0) is 12.1. The Balaban J connectivity index is 2.85. The van der Waals surface area contributed by atoms with E-state index >= 15 is 0 Å². The van der Waals surface area contributed by atoms with E-state index in [9.17, 15) is 9.18 Å². The fraction of sp³-hybridized carbons (Fsp3) is 0.273. The van der Waals surface area contributed by atoms with Crippen molar-refractivity contribution in [2.45, 2.75) is 13.3 Å². The van der Waals surface area contributed by atoms with Crippen molar-refractivity contribution >= 4 is 28.8 Å². The Hall–Kier alpha value is -1.49. The van der Waals surface area contributed by atoms with E-state index in [4.69, 9.17) is 5.73 Å². The van der Waals surface area contributed by atoms with E-state index in [1.54, 1.807) is 12.1 Å². The fourth-order valence-corrected chi connectivity index (χ4v) is 1.49. The van der Waals surface area contributed by atoms with E-state index in [1.807, 2.05) is 6.92 Å². The Morgan fingerprint density at radius 1 is 1.44 bits per heavy atom. The van der Waals surface area contributed by atoms with Gasteiger partial charge in [-0.2, -0.15) is 0 Å². The number of nitrogens with two attached hydrogens (primary N) is 1. The number of halogens is 1. The van der Waals surface area contributed by atoms with Gasteiger partial charge >= 0.3 is 0 Å². The van der Waals surface area contributed by atoms with Gasteiger partial charge in [-0.3, -0.25) is 4.79 Å². The molecule has 1 rings (SSSR count). The highest BCUT2D eigenvalue weighted by molar-refractivity contribution is 7.80. The van der Waals surface area contributed by atoms with Crippen LogP contribution in [-0.4, -0.2) is 17.4 Å². The van der Waals surface area contributed by atoms with Crippen molar-refractivity contribution in [3.63, 3.8) is 0 Å². The third-order valence-corrected chi connectivity index (χ3v) is 2.23. The first kappa shape index (κ1) is 12.6. The third kappa shape index (κ3) is 3.27. The number of carbonyl (C=O) groups excluding carboxylic acids is 1. The van der Waals surface area contributed by atoms with Crippen LogP contribution in [0.15, 0.2) is 24.3 Å². The first-order valence-electron chi connectivity index (χ1n) is 4.88. The fourth-order valence-electron chi connectivity index (χ4n) is 1.37. The minimum atomic E-state index is -0.332. The van der Waals surface area contributed by atoms with Crippen LogP contribution in [0, 0.1) is 5.82 Å². The number of amides is 1. The highest BCUT2D eigenvalue weighted by Crippen LogP contribution is 2.15. The lowest BCUT2D eigenvalue weighted by molar-refractivity contribution is -0.117. The van der Waals surface area contributed by atoms with Crippen LogP contribution in [0.1, 0.15) is 13.3 Å². The van der Waals surface area contributed by atoms with Crippen molar-refractivity contribution in [1.82, 2.24) is 0 Å². The molecule has 0 saturated carbocycles. The topological polar surface area (TPSA) is 46.3 Å². The molecule has 0 aliphatic rings. The zero-order valence-electron chi connectivity index (χ0n) is 8.94. The molecule has 0 aliphatic heterocycles. The molecule has 0 saturated heterocycles. The molecule has 5 heteroatoms. The molecule has 0 fully saturated rings. The molecule has 0 radical (unpaired) electrons. The first-order valence-corrected chi connectivity index (χ1v) is 5.29. The average Bonchev–Trinajstić information content (AvgIpc) is 2.21. The van der Waals surface area contributed by atoms with E-state index in [2.05, 4.69) is 12.2 Å². The zero-order valence-corrected chi connectivity index (χ0v) is 9.76. The predicted molar refractivity (Wildman–Crippen MR) is 65.8 cm³/mol. The Morgan fingerprint density at radius 2 is 2.00 bits per heavy atom. The second-order valence-electron chi connectivity index (χ2n) is 3.26. The van der Waals surface area contributed by atoms with Gasteiger partial charge < -0.3 is 10.6 Å². The molecule has 0 aliphatic carbocycles. The van der Waals surface area contributed by atoms with Crippen LogP contribution >= 0.6 is 12.2 Å². The molecule has 3 nitrogen and oxygen atoms in total. The summed E-state index contributed by atoms with van der Waals surface area (Å²) >= 11 is 4.68. The smallest absolute Gasteiger partial charge is 0.233 e. The molecule has 1 aromatic rings. The Kier molecular flexibility index (Phi) is 4.37. The molecule has 0 heterocycles. The van der Waals surface area contributed by atoms with Gasteiger partial charge in [0.15, 0.2) is 0 Å². The number of benzene rings is 1. The maximum Gasteiger partial charge on any atom is 0.233 e. The molecule has 86 valence electrons. The summed E-state index contributed by atoms with van der Waals surface area (Å²) in [5.41, 5.74) is 5.96. The van der Waals surface area contributed by atoms with Gasteiger partial charge in [-0.1, -0.05) is 12.2 Å². The van der Waals surface area contributed by atoms with Crippen LogP contribution in [0.5, 0.6) is 0 Å². The Morgan fingerprint density at radius 3 is 2.44 bits per heavy atom. The molecule has 0 atom stereocenters. The van der Waals surface area contributed by atoms with Crippen LogP contribution < -0.4 is 10.6 Å². The molecule has 2 N–H and O–H groups in total. The predicted octanol–water partition coefficient (Wildman–Crippen LogP) is 1.85. The number of hydrogen-bond donors (Lipinski definition) is 1. The highest BCUT2D eigenvalue weighted by atomic mass is 32.1. The Bertz CT molecular complexity index is 391. The number of nitrogens with zero attached hydrogens (tertiary/aromatic N) is 1. The maximum atomic E-state index is 12.7. The number of rotatable bonds is 4. The van der Waals surface area contributed by atoms with Crippen molar-refractivity contribution in [1.29, 1.82) is 0 Å². The highest BCUT2D eigenvalue weighted by Gasteiger charge is 2.14. The lowest BCUT2D eigenvalue weighted by Crippen LogP contribution is -2.33. The van der Waals surface area contributed by atoms with Crippen molar-refractivity contribution in [3.05, 3.63) is 30.1 Å². The van der Waals surface area contributed by atoms with E-state index < -0.39 is 0 Å². The molecule has 0 spiro atoms. The van der Waals surface area contributed by atoms with Gasteiger partial charge in [-0.25, -0.2) is 4.39 Å². The van der Waals surface area contributed by atoms with Crippen molar-refractivity contribution in [3.8, 4) is 0 Å². The van der Waals surface area contributed by atoms with E-state index in [-0.39, 0.29) is 23.1 Å². The first-order chi connectivity index (χ1) is 7.54. The number of thiocarbonyl (C=S) groups is 1. The van der Waals surface area contributed by atoms with E-state index in [0.717, 1.165) is 0 Å². The van der Waals surface area contributed by atoms with Crippen LogP contribution in [0.2, 0.25) is 0 Å². The van der Waals surface area contributed by atoms with Crippen LogP contribution in [0.25, 0.3) is 0 Å². The molecule has 1 amide bonds. The summed E-state index contributed by atoms with van der Waals surface area (Å²) in [5, 5.41) is 0. The monoisotopic (exact) mass is 240 g/mol. The second-order valence-corrected chi connectivity index (χ2v) is 3.78. The maximum absolute atomic E-state index is 12.7.